The molecule has 0 aromatic carbocycles. The van der Waals surface area contributed by atoms with Crippen molar-refractivity contribution in [1.29, 1.82) is 0 Å². The van der Waals surface area contributed by atoms with Gasteiger partial charge in [0.1, 0.15) is 22.2 Å². The van der Waals surface area contributed by atoms with Crippen LogP contribution in [0.15, 0.2) is 46.8 Å². The topological polar surface area (TPSA) is 64.7 Å². The molecule has 4 nitrogen and oxygen atoms in total. The monoisotopic (exact) mass is 204 g/mol. The lowest BCUT2D eigenvalue weighted by atomic mass is 10.5. The molecule has 5 heteroatoms. The number of hydrogen-bond acceptors (Lipinski definition) is 5. The highest BCUT2D eigenvalue weighted by atomic mass is 32.2. The van der Waals surface area contributed by atoms with Gasteiger partial charge in [-0.25, -0.2) is 15.0 Å². The lowest BCUT2D eigenvalue weighted by molar-refractivity contribution is 1.04. The van der Waals surface area contributed by atoms with Crippen LogP contribution < -0.4 is 5.73 Å². The summed E-state index contributed by atoms with van der Waals surface area (Å²) < 4.78 is 0. The summed E-state index contributed by atoms with van der Waals surface area (Å²) in [5.41, 5.74) is 5.53. The SMILES string of the molecule is Nc1cc(Sc2ccccn2)ncn1. The second-order valence-electron chi connectivity index (χ2n) is 2.55. The Labute approximate surface area is 85.6 Å². The third kappa shape index (κ3) is 2.20. The molecule has 0 unspecified atom stereocenters. The largest absolute Gasteiger partial charge is 0.384 e. The van der Waals surface area contributed by atoms with E-state index in [0.717, 1.165) is 10.1 Å². The Bertz CT molecular complexity index is 418. The molecule has 0 aliphatic heterocycles. The van der Waals surface area contributed by atoms with E-state index in [1.165, 1.54) is 18.1 Å². The number of hydrogen-bond donors (Lipinski definition) is 1. The summed E-state index contributed by atoms with van der Waals surface area (Å²) >= 11 is 1.46. The van der Waals surface area contributed by atoms with Crippen molar-refractivity contribution in [3.8, 4) is 0 Å². The molecule has 70 valence electrons. The average molecular weight is 204 g/mol. The van der Waals surface area contributed by atoms with E-state index >= 15 is 0 Å². The van der Waals surface area contributed by atoms with Gasteiger partial charge < -0.3 is 5.73 Å². The number of aromatic nitrogens is 3. The van der Waals surface area contributed by atoms with Crippen LogP contribution in [0, 0.1) is 0 Å². The van der Waals surface area contributed by atoms with E-state index in [0.29, 0.717) is 5.82 Å². The van der Waals surface area contributed by atoms with Crippen molar-refractivity contribution in [2.75, 3.05) is 5.73 Å². The van der Waals surface area contributed by atoms with Crippen molar-refractivity contribution in [3.63, 3.8) is 0 Å². The van der Waals surface area contributed by atoms with Gasteiger partial charge >= 0.3 is 0 Å². The molecular weight excluding hydrogens is 196 g/mol. The standard InChI is InChI=1S/C9H8N4S/c10-7-5-9(13-6-12-7)14-8-3-1-2-4-11-8/h1-6H,(H2,10,12,13). The van der Waals surface area contributed by atoms with Crippen LogP contribution in [0.4, 0.5) is 5.82 Å². The molecule has 2 heterocycles. The van der Waals surface area contributed by atoms with Gasteiger partial charge in [-0.2, -0.15) is 0 Å². The molecule has 0 spiro atoms. The molecule has 0 saturated carbocycles. The first-order valence-electron chi connectivity index (χ1n) is 4.01. The minimum absolute atomic E-state index is 0.471. The molecular formula is C9H8N4S. The molecule has 2 rings (SSSR count). The molecule has 0 fully saturated rings. The van der Waals surface area contributed by atoms with Crippen molar-refractivity contribution < 1.29 is 0 Å². The molecule has 14 heavy (non-hydrogen) atoms. The van der Waals surface area contributed by atoms with E-state index < -0.39 is 0 Å². The molecule has 0 amide bonds. The van der Waals surface area contributed by atoms with Gasteiger partial charge in [0.2, 0.25) is 0 Å². The number of nitrogens with zero attached hydrogens (tertiary/aromatic N) is 3. The Kier molecular flexibility index (Phi) is 2.60. The van der Waals surface area contributed by atoms with E-state index in [2.05, 4.69) is 15.0 Å². The molecule has 0 radical (unpaired) electrons. The number of nitrogen functional groups attached to an aromatic ring is 1. The van der Waals surface area contributed by atoms with Crippen LogP contribution in [-0.4, -0.2) is 15.0 Å². The van der Waals surface area contributed by atoms with Crippen LogP contribution in [0.1, 0.15) is 0 Å². The van der Waals surface area contributed by atoms with E-state index in [4.69, 9.17) is 5.73 Å². The van der Waals surface area contributed by atoms with Crippen LogP contribution in [0.25, 0.3) is 0 Å². The van der Waals surface area contributed by atoms with Crippen LogP contribution in [-0.2, 0) is 0 Å². The molecule has 2 aromatic rings. The van der Waals surface area contributed by atoms with Crippen molar-refractivity contribution in [2.24, 2.45) is 0 Å². The van der Waals surface area contributed by atoms with Crippen LogP contribution in [0.2, 0.25) is 0 Å². The van der Waals surface area contributed by atoms with Gasteiger partial charge in [-0.15, -0.1) is 0 Å². The minimum atomic E-state index is 0.471. The summed E-state index contributed by atoms with van der Waals surface area (Å²) in [6.45, 7) is 0. The summed E-state index contributed by atoms with van der Waals surface area (Å²) in [6.07, 6.45) is 3.19. The first kappa shape index (κ1) is 8.96. The van der Waals surface area contributed by atoms with Crippen molar-refractivity contribution in [3.05, 3.63) is 36.8 Å². The lowest BCUT2D eigenvalue weighted by Gasteiger charge is -1.99. The normalized spacial score (nSPS) is 10.0. The second kappa shape index (κ2) is 4.06. The van der Waals surface area contributed by atoms with Crippen molar-refractivity contribution in [1.82, 2.24) is 15.0 Å². The summed E-state index contributed by atoms with van der Waals surface area (Å²) in [5.74, 6) is 0.471. The molecule has 0 saturated heterocycles. The van der Waals surface area contributed by atoms with Gasteiger partial charge in [-0.05, 0) is 23.9 Å². The number of anilines is 1. The zero-order valence-corrected chi connectivity index (χ0v) is 8.11. The Balaban J connectivity index is 2.19. The highest BCUT2D eigenvalue weighted by Gasteiger charge is 1.99. The zero-order valence-electron chi connectivity index (χ0n) is 7.29. The molecule has 0 aliphatic rings. The third-order valence-corrected chi connectivity index (χ3v) is 2.39. The minimum Gasteiger partial charge on any atom is -0.384 e. The fraction of sp³-hybridized carbons (Fsp3) is 0. The third-order valence-electron chi connectivity index (χ3n) is 1.51. The molecule has 2 N–H and O–H groups in total. The predicted molar refractivity (Wildman–Crippen MR) is 54.8 cm³/mol. The molecule has 0 aliphatic carbocycles. The van der Waals surface area contributed by atoms with E-state index in [1.807, 2.05) is 18.2 Å². The Hall–Kier alpha value is -1.62. The van der Waals surface area contributed by atoms with Crippen LogP contribution in [0.5, 0.6) is 0 Å². The number of nitrogens with two attached hydrogens (primary N) is 1. The van der Waals surface area contributed by atoms with Gasteiger partial charge in [0.25, 0.3) is 0 Å². The van der Waals surface area contributed by atoms with E-state index in [1.54, 1.807) is 12.3 Å². The number of pyridine rings is 1. The van der Waals surface area contributed by atoms with Crippen molar-refractivity contribution in [2.45, 2.75) is 10.1 Å². The van der Waals surface area contributed by atoms with E-state index in [-0.39, 0.29) is 0 Å². The zero-order chi connectivity index (χ0) is 9.80. The first-order chi connectivity index (χ1) is 6.84. The lowest BCUT2D eigenvalue weighted by Crippen LogP contribution is -1.91. The van der Waals surface area contributed by atoms with Gasteiger partial charge in [0.15, 0.2) is 0 Å². The van der Waals surface area contributed by atoms with Gasteiger partial charge in [0, 0.05) is 12.3 Å². The fourth-order valence-electron chi connectivity index (χ4n) is 0.924. The van der Waals surface area contributed by atoms with Gasteiger partial charge in [-0.3, -0.25) is 0 Å². The average Bonchev–Trinajstić information content (AvgIpc) is 2.19. The quantitative estimate of drug-likeness (QED) is 0.753. The van der Waals surface area contributed by atoms with Gasteiger partial charge in [-0.1, -0.05) is 6.07 Å². The Morgan fingerprint density at radius 1 is 1.07 bits per heavy atom. The molecule has 0 atom stereocenters. The van der Waals surface area contributed by atoms with Gasteiger partial charge in [0.05, 0.1) is 0 Å². The summed E-state index contributed by atoms with van der Waals surface area (Å²) in [4.78, 5) is 12.0. The summed E-state index contributed by atoms with van der Waals surface area (Å²) in [6, 6.07) is 7.45. The highest BCUT2D eigenvalue weighted by molar-refractivity contribution is 7.99. The maximum atomic E-state index is 5.53. The van der Waals surface area contributed by atoms with Crippen molar-refractivity contribution >= 4 is 17.6 Å². The molecule has 2 aromatic heterocycles. The second-order valence-corrected chi connectivity index (χ2v) is 3.59. The van der Waals surface area contributed by atoms with Crippen LogP contribution in [0.3, 0.4) is 0 Å². The summed E-state index contributed by atoms with van der Waals surface area (Å²) in [7, 11) is 0. The smallest absolute Gasteiger partial charge is 0.127 e. The fourth-order valence-corrected chi connectivity index (χ4v) is 1.68. The first-order valence-corrected chi connectivity index (χ1v) is 4.82. The predicted octanol–water partition coefficient (Wildman–Crippen LogP) is 1.60. The Morgan fingerprint density at radius 2 is 2.00 bits per heavy atom. The highest BCUT2D eigenvalue weighted by Crippen LogP contribution is 2.23. The summed E-state index contributed by atoms with van der Waals surface area (Å²) in [5, 5.41) is 1.70. The maximum Gasteiger partial charge on any atom is 0.127 e. The van der Waals surface area contributed by atoms with E-state index in [9.17, 15) is 0 Å². The maximum absolute atomic E-state index is 5.53. The Morgan fingerprint density at radius 3 is 2.71 bits per heavy atom. The molecule has 0 bridgehead atoms. The van der Waals surface area contributed by atoms with Crippen LogP contribution >= 0.6 is 11.8 Å². The number of rotatable bonds is 2.